The number of nitrogens with one attached hydrogen (secondary N) is 1. The molecule has 1 aliphatic carbocycles. The summed E-state index contributed by atoms with van der Waals surface area (Å²) in [6, 6.07) is 0. The van der Waals surface area contributed by atoms with Gasteiger partial charge in [-0.3, -0.25) is 4.79 Å². The fourth-order valence-corrected chi connectivity index (χ4v) is 2.41. The molecule has 1 aromatic heterocycles. The van der Waals surface area contributed by atoms with Gasteiger partial charge in [0.25, 0.3) is 5.56 Å². The zero-order chi connectivity index (χ0) is 12.5. The summed E-state index contributed by atoms with van der Waals surface area (Å²) < 4.78 is 5.78. The SMILES string of the molecule is CCOC1(c2nc(O)c(C)c(=O)[nH]2)CCCC1. The van der Waals surface area contributed by atoms with Crippen LogP contribution in [0.15, 0.2) is 4.79 Å². The number of nitrogens with zero attached hydrogens (tertiary/aromatic N) is 1. The summed E-state index contributed by atoms with van der Waals surface area (Å²) in [5, 5.41) is 9.64. The van der Waals surface area contributed by atoms with Gasteiger partial charge in [-0.1, -0.05) is 0 Å². The van der Waals surface area contributed by atoms with Crippen molar-refractivity contribution in [3.05, 3.63) is 21.7 Å². The average molecular weight is 238 g/mol. The van der Waals surface area contributed by atoms with Crippen LogP contribution >= 0.6 is 0 Å². The maximum atomic E-state index is 11.7. The molecule has 0 aromatic carbocycles. The highest BCUT2D eigenvalue weighted by Crippen LogP contribution is 2.40. The van der Waals surface area contributed by atoms with Crippen LogP contribution in [0.5, 0.6) is 5.88 Å². The number of aromatic nitrogens is 2. The molecule has 1 aliphatic rings. The second-order valence-corrected chi connectivity index (χ2v) is 4.50. The molecule has 0 bridgehead atoms. The van der Waals surface area contributed by atoms with E-state index in [0.29, 0.717) is 12.4 Å². The quantitative estimate of drug-likeness (QED) is 0.838. The minimum atomic E-state index is -0.515. The lowest BCUT2D eigenvalue weighted by molar-refractivity contribution is -0.0462. The Balaban J connectivity index is 2.47. The van der Waals surface area contributed by atoms with Crippen molar-refractivity contribution in [1.82, 2.24) is 9.97 Å². The molecular formula is C12H18N2O3. The van der Waals surface area contributed by atoms with E-state index in [1.54, 1.807) is 6.92 Å². The fourth-order valence-electron chi connectivity index (χ4n) is 2.41. The second-order valence-electron chi connectivity index (χ2n) is 4.50. The van der Waals surface area contributed by atoms with Crippen LogP contribution in [-0.4, -0.2) is 21.7 Å². The smallest absolute Gasteiger partial charge is 0.257 e. The van der Waals surface area contributed by atoms with Crippen LogP contribution in [0.2, 0.25) is 0 Å². The minimum Gasteiger partial charge on any atom is -0.493 e. The molecule has 0 atom stereocenters. The van der Waals surface area contributed by atoms with Crippen LogP contribution in [0, 0.1) is 6.92 Å². The number of aromatic amines is 1. The van der Waals surface area contributed by atoms with Gasteiger partial charge in [0.05, 0.1) is 5.56 Å². The Bertz CT molecular complexity index is 461. The van der Waals surface area contributed by atoms with E-state index in [4.69, 9.17) is 4.74 Å². The molecule has 0 aliphatic heterocycles. The molecule has 5 heteroatoms. The lowest BCUT2D eigenvalue weighted by atomic mass is 10.0. The van der Waals surface area contributed by atoms with Crippen molar-refractivity contribution in [3.63, 3.8) is 0 Å². The lowest BCUT2D eigenvalue weighted by Crippen LogP contribution is -2.31. The van der Waals surface area contributed by atoms with Crippen LogP contribution in [0.25, 0.3) is 0 Å². The van der Waals surface area contributed by atoms with Crippen LogP contribution in [0.1, 0.15) is 44.0 Å². The Morgan fingerprint density at radius 3 is 2.65 bits per heavy atom. The summed E-state index contributed by atoms with van der Waals surface area (Å²) in [6.07, 6.45) is 3.79. The normalized spacial score (nSPS) is 18.5. The zero-order valence-corrected chi connectivity index (χ0v) is 10.2. The number of H-pyrrole nitrogens is 1. The van der Waals surface area contributed by atoms with E-state index < -0.39 is 5.60 Å². The topological polar surface area (TPSA) is 75.2 Å². The predicted molar refractivity (Wildman–Crippen MR) is 63.0 cm³/mol. The molecule has 17 heavy (non-hydrogen) atoms. The third-order valence-electron chi connectivity index (χ3n) is 3.39. The number of hydrogen-bond donors (Lipinski definition) is 2. The summed E-state index contributed by atoms with van der Waals surface area (Å²) in [5.74, 6) is 0.264. The first-order chi connectivity index (χ1) is 8.09. The Morgan fingerprint density at radius 1 is 1.47 bits per heavy atom. The first-order valence-corrected chi connectivity index (χ1v) is 6.03. The zero-order valence-electron chi connectivity index (χ0n) is 10.2. The molecule has 1 saturated carbocycles. The number of ether oxygens (including phenoxy) is 1. The molecule has 1 heterocycles. The van der Waals surface area contributed by atoms with Gasteiger partial charge in [-0.05, 0) is 39.5 Å². The highest BCUT2D eigenvalue weighted by Gasteiger charge is 2.39. The van der Waals surface area contributed by atoms with Crippen molar-refractivity contribution in [1.29, 1.82) is 0 Å². The highest BCUT2D eigenvalue weighted by molar-refractivity contribution is 5.22. The van der Waals surface area contributed by atoms with E-state index in [0.717, 1.165) is 25.7 Å². The molecule has 1 aromatic rings. The molecule has 0 unspecified atom stereocenters. The minimum absolute atomic E-state index is 0.199. The summed E-state index contributed by atoms with van der Waals surface area (Å²) in [6.45, 7) is 4.04. The van der Waals surface area contributed by atoms with Gasteiger partial charge < -0.3 is 14.8 Å². The summed E-state index contributed by atoms with van der Waals surface area (Å²) in [4.78, 5) is 18.5. The summed E-state index contributed by atoms with van der Waals surface area (Å²) >= 11 is 0. The van der Waals surface area contributed by atoms with E-state index in [2.05, 4.69) is 9.97 Å². The van der Waals surface area contributed by atoms with Crippen LogP contribution in [0.4, 0.5) is 0 Å². The van der Waals surface area contributed by atoms with Gasteiger partial charge in [0.2, 0.25) is 5.88 Å². The van der Waals surface area contributed by atoms with Crippen LogP contribution in [0.3, 0.4) is 0 Å². The van der Waals surface area contributed by atoms with E-state index in [1.807, 2.05) is 6.92 Å². The van der Waals surface area contributed by atoms with Crippen molar-refractivity contribution >= 4 is 0 Å². The van der Waals surface area contributed by atoms with Crippen molar-refractivity contribution in [2.24, 2.45) is 0 Å². The summed E-state index contributed by atoms with van der Waals surface area (Å²) in [5.41, 5.74) is -0.559. The van der Waals surface area contributed by atoms with Crippen molar-refractivity contribution in [3.8, 4) is 5.88 Å². The molecule has 0 saturated heterocycles. The molecule has 0 radical (unpaired) electrons. The number of rotatable bonds is 3. The van der Waals surface area contributed by atoms with E-state index in [-0.39, 0.29) is 17.0 Å². The molecule has 5 nitrogen and oxygen atoms in total. The Hall–Kier alpha value is -1.36. The average Bonchev–Trinajstić information content (AvgIpc) is 2.75. The van der Waals surface area contributed by atoms with Gasteiger partial charge in [-0.25, -0.2) is 0 Å². The molecule has 0 spiro atoms. The molecule has 94 valence electrons. The Labute approximate surface area is 99.9 Å². The van der Waals surface area contributed by atoms with E-state index in [1.165, 1.54) is 0 Å². The third-order valence-corrected chi connectivity index (χ3v) is 3.39. The lowest BCUT2D eigenvalue weighted by Gasteiger charge is -2.27. The predicted octanol–water partition coefficient (Wildman–Crippen LogP) is 1.59. The fraction of sp³-hybridized carbons (Fsp3) is 0.667. The van der Waals surface area contributed by atoms with Crippen molar-refractivity contribution in [2.75, 3.05) is 6.61 Å². The van der Waals surface area contributed by atoms with Gasteiger partial charge in [0, 0.05) is 6.61 Å². The van der Waals surface area contributed by atoms with Crippen LogP contribution < -0.4 is 5.56 Å². The number of aromatic hydroxyl groups is 1. The molecular weight excluding hydrogens is 220 g/mol. The molecule has 2 N–H and O–H groups in total. The van der Waals surface area contributed by atoms with Crippen LogP contribution in [-0.2, 0) is 10.3 Å². The van der Waals surface area contributed by atoms with Gasteiger partial charge in [0.15, 0.2) is 0 Å². The Kier molecular flexibility index (Phi) is 3.19. The molecule has 2 rings (SSSR count). The van der Waals surface area contributed by atoms with Gasteiger partial charge >= 0.3 is 0 Å². The summed E-state index contributed by atoms with van der Waals surface area (Å²) in [7, 11) is 0. The van der Waals surface area contributed by atoms with E-state index in [9.17, 15) is 9.90 Å². The van der Waals surface area contributed by atoms with Crippen molar-refractivity contribution in [2.45, 2.75) is 45.1 Å². The second kappa shape index (κ2) is 4.49. The molecule has 0 amide bonds. The monoisotopic (exact) mass is 238 g/mol. The highest BCUT2D eigenvalue weighted by atomic mass is 16.5. The standard InChI is InChI=1S/C12H18N2O3/c1-3-17-12(6-4-5-7-12)11-13-9(15)8(2)10(16)14-11/h3-7H2,1-2H3,(H2,13,14,15,16). The maximum Gasteiger partial charge on any atom is 0.257 e. The van der Waals surface area contributed by atoms with Gasteiger partial charge in [-0.15, -0.1) is 0 Å². The number of hydrogen-bond acceptors (Lipinski definition) is 4. The molecule has 1 fully saturated rings. The Morgan fingerprint density at radius 2 is 2.12 bits per heavy atom. The largest absolute Gasteiger partial charge is 0.493 e. The van der Waals surface area contributed by atoms with Gasteiger partial charge in [0.1, 0.15) is 11.4 Å². The van der Waals surface area contributed by atoms with E-state index >= 15 is 0 Å². The third kappa shape index (κ3) is 2.07. The maximum absolute atomic E-state index is 11.7. The van der Waals surface area contributed by atoms with Gasteiger partial charge in [-0.2, -0.15) is 4.98 Å². The first-order valence-electron chi connectivity index (χ1n) is 6.03. The first kappa shape index (κ1) is 12.1. The van der Waals surface area contributed by atoms with Crippen molar-refractivity contribution < 1.29 is 9.84 Å².